The maximum absolute atomic E-state index is 12.6. The summed E-state index contributed by atoms with van der Waals surface area (Å²) in [6, 6.07) is 14.4. The van der Waals surface area contributed by atoms with Crippen molar-refractivity contribution in [2.75, 3.05) is 20.1 Å². The number of amides is 2. The van der Waals surface area contributed by atoms with Gasteiger partial charge in [0, 0.05) is 26.7 Å². The maximum atomic E-state index is 12.6. The molecule has 4 rings (SSSR count). The van der Waals surface area contributed by atoms with Crippen molar-refractivity contribution in [2.45, 2.75) is 32.5 Å². The molecule has 2 N–H and O–H groups in total. The van der Waals surface area contributed by atoms with Crippen LogP contribution >= 0.6 is 0 Å². The van der Waals surface area contributed by atoms with E-state index in [1.807, 2.05) is 31.3 Å². The van der Waals surface area contributed by atoms with Crippen LogP contribution in [0.3, 0.4) is 0 Å². The Morgan fingerprint density at radius 2 is 1.96 bits per heavy atom. The van der Waals surface area contributed by atoms with Crippen molar-refractivity contribution < 1.29 is 4.79 Å². The molecule has 28 heavy (non-hydrogen) atoms. The fraction of sp³-hybridized carbons (Fsp3) is 0.364. The fourth-order valence-corrected chi connectivity index (χ4v) is 3.78. The predicted octanol–water partition coefficient (Wildman–Crippen LogP) is 3.50. The van der Waals surface area contributed by atoms with Gasteiger partial charge in [-0.05, 0) is 54.8 Å². The Morgan fingerprint density at radius 3 is 2.79 bits per heavy atom. The Bertz CT molecular complexity index is 945. The van der Waals surface area contributed by atoms with Crippen LogP contribution in [0.15, 0.2) is 48.8 Å². The Kier molecular flexibility index (Phi) is 5.58. The number of nitrogens with one attached hydrogen (secondary N) is 2. The van der Waals surface area contributed by atoms with E-state index in [9.17, 15) is 4.79 Å². The summed E-state index contributed by atoms with van der Waals surface area (Å²) in [6.45, 7) is 4.41. The number of carbonyl (C=O) groups is 1. The highest BCUT2D eigenvalue weighted by atomic mass is 16.2. The van der Waals surface area contributed by atoms with Gasteiger partial charge < -0.3 is 15.2 Å². The molecule has 0 atom stereocenters. The lowest BCUT2D eigenvalue weighted by Crippen LogP contribution is -2.36. The number of fused-ring (bicyclic) bond motifs is 1. The SMILES string of the molecule is CN(Cc1ccccc1CN1CCCC1)C(=O)NCc1ccc2nc[nH]c2c1. The number of benzene rings is 2. The lowest BCUT2D eigenvalue weighted by atomic mass is 10.1. The van der Waals surface area contributed by atoms with Crippen LogP contribution in [0, 0.1) is 0 Å². The number of nitrogens with zero attached hydrogens (tertiary/aromatic N) is 3. The van der Waals surface area contributed by atoms with Crippen LogP contribution in [0.25, 0.3) is 11.0 Å². The van der Waals surface area contributed by atoms with Gasteiger partial charge in [0.2, 0.25) is 0 Å². The number of hydrogen-bond donors (Lipinski definition) is 2. The first-order valence-electron chi connectivity index (χ1n) is 9.89. The molecule has 1 aromatic heterocycles. The molecule has 0 spiro atoms. The second-order valence-corrected chi connectivity index (χ2v) is 7.52. The quantitative estimate of drug-likeness (QED) is 0.691. The number of carbonyl (C=O) groups excluding carboxylic acids is 1. The highest BCUT2D eigenvalue weighted by molar-refractivity contribution is 5.76. The summed E-state index contributed by atoms with van der Waals surface area (Å²) in [6.07, 6.45) is 4.25. The lowest BCUT2D eigenvalue weighted by Gasteiger charge is -2.22. The standard InChI is InChI=1S/C22H27N5O/c1-26(14-18-6-2-3-7-19(18)15-27-10-4-5-11-27)22(28)23-13-17-8-9-20-21(12-17)25-16-24-20/h2-3,6-9,12,16H,4-5,10-11,13-15H2,1H3,(H,23,28)(H,24,25). The summed E-state index contributed by atoms with van der Waals surface area (Å²) in [4.78, 5) is 24.1. The lowest BCUT2D eigenvalue weighted by molar-refractivity contribution is 0.206. The van der Waals surface area contributed by atoms with Gasteiger partial charge in [-0.25, -0.2) is 9.78 Å². The molecule has 1 aliphatic heterocycles. The van der Waals surface area contributed by atoms with Gasteiger partial charge in [-0.15, -0.1) is 0 Å². The van der Waals surface area contributed by atoms with Crippen LogP contribution in [0.1, 0.15) is 29.5 Å². The third-order valence-electron chi connectivity index (χ3n) is 5.39. The zero-order valence-electron chi connectivity index (χ0n) is 16.3. The van der Waals surface area contributed by atoms with Gasteiger partial charge in [0.25, 0.3) is 0 Å². The number of imidazole rings is 1. The second-order valence-electron chi connectivity index (χ2n) is 7.52. The first-order valence-corrected chi connectivity index (χ1v) is 9.89. The molecule has 0 aliphatic carbocycles. The molecule has 1 fully saturated rings. The predicted molar refractivity (Wildman–Crippen MR) is 111 cm³/mol. The molecule has 2 amide bonds. The van der Waals surface area contributed by atoms with E-state index in [1.165, 1.54) is 37.1 Å². The van der Waals surface area contributed by atoms with Crippen LogP contribution in [0.5, 0.6) is 0 Å². The van der Waals surface area contributed by atoms with Crippen molar-refractivity contribution in [3.05, 3.63) is 65.5 Å². The summed E-state index contributed by atoms with van der Waals surface area (Å²) in [5, 5.41) is 3.01. The molecule has 0 saturated carbocycles. The number of H-pyrrole nitrogens is 1. The number of likely N-dealkylation sites (tertiary alicyclic amines) is 1. The van der Waals surface area contributed by atoms with E-state index in [1.54, 1.807) is 11.2 Å². The fourth-order valence-electron chi connectivity index (χ4n) is 3.78. The highest BCUT2D eigenvalue weighted by Gasteiger charge is 2.15. The number of urea groups is 1. The summed E-state index contributed by atoms with van der Waals surface area (Å²) in [7, 11) is 1.85. The Labute approximate surface area is 165 Å². The monoisotopic (exact) mass is 377 g/mol. The van der Waals surface area contributed by atoms with E-state index in [0.29, 0.717) is 13.1 Å². The van der Waals surface area contributed by atoms with E-state index in [-0.39, 0.29) is 6.03 Å². The summed E-state index contributed by atoms with van der Waals surface area (Å²) in [5.74, 6) is 0. The number of rotatable bonds is 6. The molecule has 6 heteroatoms. The van der Waals surface area contributed by atoms with Gasteiger partial charge in [-0.1, -0.05) is 30.3 Å². The second kappa shape index (κ2) is 8.44. The molecule has 6 nitrogen and oxygen atoms in total. The van der Waals surface area contributed by atoms with Crippen LogP contribution in [-0.4, -0.2) is 45.9 Å². The minimum atomic E-state index is -0.0688. The summed E-state index contributed by atoms with van der Waals surface area (Å²) < 4.78 is 0. The summed E-state index contributed by atoms with van der Waals surface area (Å²) >= 11 is 0. The number of aromatic nitrogens is 2. The van der Waals surface area contributed by atoms with Crippen molar-refractivity contribution in [1.82, 2.24) is 25.1 Å². The van der Waals surface area contributed by atoms with E-state index in [2.05, 4.69) is 38.4 Å². The molecular formula is C22H27N5O. The molecule has 0 bridgehead atoms. The average Bonchev–Trinajstić information content (AvgIpc) is 3.38. The first-order chi connectivity index (χ1) is 13.7. The van der Waals surface area contributed by atoms with Crippen LogP contribution < -0.4 is 5.32 Å². The molecule has 1 aliphatic rings. The van der Waals surface area contributed by atoms with Crippen LogP contribution in [0.4, 0.5) is 4.79 Å². The molecule has 0 radical (unpaired) electrons. The van der Waals surface area contributed by atoms with Gasteiger partial charge in [0.05, 0.1) is 17.4 Å². The zero-order chi connectivity index (χ0) is 19.3. The van der Waals surface area contributed by atoms with Gasteiger partial charge in [0.1, 0.15) is 0 Å². The largest absolute Gasteiger partial charge is 0.345 e. The van der Waals surface area contributed by atoms with E-state index in [0.717, 1.165) is 23.1 Å². The maximum Gasteiger partial charge on any atom is 0.317 e. The van der Waals surface area contributed by atoms with E-state index < -0.39 is 0 Å². The van der Waals surface area contributed by atoms with Gasteiger partial charge in [0.15, 0.2) is 0 Å². The van der Waals surface area contributed by atoms with Crippen LogP contribution in [0.2, 0.25) is 0 Å². The molecule has 146 valence electrons. The van der Waals surface area contributed by atoms with Crippen LogP contribution in [-0.2, 0) is 19.6 Å². The van der Waals surface area contributed by atoms with E-state index >= 15 is 0 Å². The third kappa shape index (κ3) is 4.34. The molecule has 0 unspecified atom stereocenters. The van der Waals surface area contributed by atoms with Crippen molar-refractivity contribution in [2.24, 2.45) is 0 Å². The Balaban J connectivity index is 1.35. The Morgan fingerprint density at radius 1 is 1.18 bits per heavy atom. The number of hydrogen-bond acceptors (Lipinski definition) is 3. The average molecular weight is 377 g/mol. The smallest absolute Gasteiger partial charge is 0.317 e. The van der Waals surface area contributed by atoms with Crippen molar-refractivity contribution >= 4 is 17.1 Å². The molecule has 2 heterocycles. The summed E-state index contributed by atoms with van der Waals surface area (Å²) in [5.41, 5.74) is 5.49. The van der Waals surface area contributed by atoms with E-state index in [4.69, 9.17) is 0 Å². The van der Waals surface area contributed by atoms with Crippen molar-refractivity contribution in [1.29, 1.82) is 0 Å². The highest BCUT2D eigenvalue weighted by Crippen LogP contribution is 2.17. The number of aromatic amines is 1. The topological polar surface area (TPSA) is 64.3 Å². The zero-order valence-corrected chi connectivity index (χ0v) is 16.3. The Hall–Kier alpha value is -2.86. The minimum absolute atomic E-state index is 0.0688. The van der Waals surface area contributed by atoms with Crippen molar-refractivity contribution in [3.63, 3.8) is 0 Å². The minimum Gasteiger partial charge on any atom is -0.345 e. The molecular weight excluding hydrogens is 350 g/mol. The molecule has 3 aromatic rings. The molecule has 1 saturated heterocycles. The van der Waals surface area contributed by atoms with Gasteiger partial charge >= 0.3 is 6.03 Å². The van der Waals surface area contributed by atoms with Gasteiger partial charge in [-0.3, -0.25) is 4.90 Å². The molecule has 2 aromatic carbocycles. The van der Waals surface area contributed by atoms with Gasteiger partial charge in [-0.2, -0.15) is 0 Å². The van der Waals surface area contributed by atoms with Crippen molar-refractivity contribution in [3.8, 4) is 0 Å². The first kappa shape index (κ1) is 18.5. The third-order valence-corrected chi connectivity index (χ3v) is 5.39. The normalized spacial score (nSPS) is 14.5.